The van der Waals surface area contributed by atoms with E-state index in [0.717, 1.165) is 0 Å². The van der Waals surface area contributed by atoms with Crippen LogP contribution in [-0.2, 0) is 21.9 Å². The maximum atomic E-state index is 13.1. The third kappa shape index (κ3) is 6.03. The molecule has 0 aliphatic rings. The van der Waals surface area contributed by atoms with Crippen molar-refractivity contribution in [3.05, 3.63) is 71.3 Å². The van der Waals surface area contributed by atoms with Gasteiger partial charge in [-0.2, -0.15) is 26.3 Å². The summed E-state index contributed by atoms with van der Waals surface area (Å²) in [7, 11) is 0. The molecule has 0 aliphatic carbocycles. The van der Waals surface area contributed by atoms with Crippen molar-refractivity contribution >= 4 is 11.9 Å². The first-order chi connectivity index (χ1) is 13.8. The Morgan fingerprint density at radius 2 is 1.00 bits per heavy atom. The van der Waals surface area contributed by atoms with Gasteiger partial charge in [0.25, 0.3) is 0 Å². The summed E-state index contributed by atoms with van der Waals surface area (Å²) in [6.45, 7) is 0. The highest BCUT2D eigenvalue weighted by Crippen LogP contribution is 2.37. The lowest BCUT2D eigenvalue weighted by Crippen LogP contribution is -2.14. The van der Waals surface area contributed by atoms with Crippen molar-refractivity contribution in [1.29, 1.82) is 0 Å². The van der Waals surface area contributed by atoms with Gasteiger partial charge >= 0.3 is 24.3 Å². The Morgan fingerprint density at radius 3 is 1.30 bits per heavy atom. The van der Waals surface area contributed by atoms with E-state index in [4.69, 9.17) is 0 Å². The number of halogens is 8. The van der Waals surface area contributed by atoms with Gasteiger partial charge < -0.3 is 9.47 Å². The number of alkyl halides is 6. The fourth-order valence-electron chi connectivity index (χ4n) is 2.05. The highest BCUT2D eigenvalue weighted by Gasteiger charge is 2.36. The van der Waals surface area contributed by atoms with Crippen molar-refractivity contribution in [1.82, 2.24) is 0 Å². The van der Waals surface area contributed by atoms with Crippen molar-refractivity contribution in [2.75, 3.05) is 0 Å². The van der Waals surface area contributed by atoms with Crippen LogP contribution in [0.1, 0.15) is 11.1 Å². The van der Waals surface area contributed by atoms with E-state index < -0.39 is 58.6 Å². The molecule has 0 heterocycles. The van der Waals surface area contributed by atoms with Gasteiger partial charge in [-0.15, -0.1) is 0 Å². The molecule has 0 bridgehead atoms. The molecule has 30 heavy (non-hydrogen) atoms. The monoisotopic (exact) mass is 440 g/mol. The Bertz CT molecular complexity index is 913. The SMILES string of the molecule is O=C(/C=C/C(=O)Oc1cc(F)ccc1C(F)(F)F)Oc1cc(F)ccc1C(F)(F)F. The minimum Gasteiger partial charge on any atom is -0.423 e. The molecular weight excluding hydrogens is 432 g/mol. The van der Waals surface area contributed by atoms with Gasteiger partial charge in [-0.3, -0.25) is 0 Å². The van der Waals surface area contributed by atoms with E-state index in [9.17, 15) is 44.7 Å². The number of carbonyl (C=O) groups is 2. The van der Waals surface area contributed by atoms with Crippen LogP contribution in [0.2, 0.25) is 0 Å². The number of esters is 2. The first kappa shape index (κ1) is 22.8. The second-order valence-corrected chi connectivity index (χ2v) is 5.45. The molecule has 0 spiro atoms. The molecule has 0 amide bonds. The second-order valence-electron chi connectivity index (χ2n) is 5.45. The second kappa shape index (κ2) is 8.51. The van der Waals surface area contributed by atoms with Gasteiger partial charge in [-0.1, -0.05) is 0 Å². The summed E-state index contributed by atoms with van der Waals surface area (Å²) in [4.78, 5) is 23.2. The fraction of sp³-hybridized carbons (Fsp3) is 0.111. The summed E-state index contributed by atoms with van der Waals surface area (Å²) in [5, 5.41) is 0. The van der Waals surface area contributed by atoms with Crippen molar-refractivity contribution in [2.24, 2.45) is 0 Å². The fourth-order valence-corrected chi connectivity index (χ4v) is 2.05. The Kier molecular flexibility index (Phi) is 6.48. The molecule has 0 atom stereocenters. The molecule has 0 saturated heterocycles. The van der Waals surface area contributed by atoms with Crippen LogP contribution >= 0.6 is 0 Å². The largest absolute Gasteiger partial charge is 0.423 e. The molecule has 0 aromatic heterocycles. The van der Waals surface area contributed by atoms with E-state index >= 15 is 0 Å². The zero-order chi connectivity index (χ0) is 22.7. The van der Waals surface area contributed by atoms with Crippen LogP contribution in [0.5, 0.6) is 11.5 Å². The molecule has 12 heteroatoms. The summed E-state index contributed by atoms with van der Waals surface area (Å²) >= 11 is 0. The van der Waals surface area contributed by atoms with Gasteiger partial charge in [0, 0.05) is 24.3 Å². The molecule has 4 nitrogen and oxygen atoms in total. The molecule has 0 fully saturated rings. The lowest BCUT2D eigenvalue weighted by atomic mass is 10.2. The Hall–Kier alpha value is -3.44. The lowest BCUT2D eigenvalue weighted by molar-refractivity contribution is -0.142. The summed E-state index contributed by atoms with van der Waals surface area (Å²) in [5.41, 5.74) is -2.97. The Morgan fingerprint density at radius 1 is 0.667 bits per heavy atom. The molecule has 0 unspecified atom stereocenters. The molecule has 160 valence electrons. The van der Waals surface area contributed by atoms with Gasteiger partial charge in [-0.25, -0.2) is 18.4 Å². The number of benzene rings is 2. The van der Waals surface area contributed by atoms with Gasteiger partial charge in [-0.05, 0) is 24.3 Å². The standard InChI is InChI=1S/C18H8F8O4/c19-9-1-3-11(17(21,22)23)13(7-9)29-15(27)5-6-16(28)30-14-8-10(20)2-4-12(14)18(24,25)26/h1-8H/b6-5+. The number of hydrogen-bond donors (Lipinski definition) is 0. The Balaban J connectivity index is 2.15. The van der Waals surface area contributed by atoms with Crippen LogP contribution in [0.15, 0.2) is 48.6 Å². The van der Waals surface area contributed by atoms with Crippen molar-refractivity contribution in [3.63, 3.8) is 0 Å². The number of hydrogen-bond acceptors (Lipinski definition) is 4. The summed E-state index contributed by atoms with van der Waals surface area (Å²) < 4.78 is 112. The minimum absolute atomic E-state index is 0.236. The van der Waals surface area contributed by atoms with Gasteiger partial charge in [0.1, 0.15) is 23.1 Å². The van der Waals surface area contributed by atoms with Crippen molar-refractivity contribution in [3.8, 4) is 11.5 Å². The average molecular weight is 440 g/mol. The highest BCUT2D eigenvalue weighted by atomic mass is 19.4. The van der Waals surface area contributed by atoms with E-state index in [0.29, 0.717) is 24.3 Å². The summed E-state index contributed by atoms with van der Waals surface area (Å²) in [5.74, 6) is -7.87. The van der Waals surface area contributed by atoms with Crippen LogP contribution < -0.4 is 9.47 Å². The van der Waals surface area contributed by atoms with E-state index in [1.165, 1.54) is 0 Å². The first-order valence-corrected chi connectivity index (χ1v) is 7.62. The topological polar surface area (TPSA) is 52.6 Å². The van der Waals surface area contributed by atoms with Gasteiger partial charge in [0.15, 0.2) is 0 Å². The normalized spacial score (nSPS) is 12.1. The van der Waals surface area contributed by atoms with E-state index in [2.05, 4.69) is 9.47 Å². The third-order valence-corrected chi connectivity index (χ3v) is 3.27. The molecular formula is C18H8F8O4. The molecule has 2 aromatic rings. The highest BCUT2D eigenvalue weighted by molar-refractivity contribution is 5.93. The summed E-state index contributed by atoms with van der Waals surface area (Å²) in [6.07, 6.45) is -9.51. The maximum absolute atomic E-state index is 13.1. The van der Waals surface area contributed by atoms with Crippen LogP contribution in [0.4, 0.5) is 35.1 Å². The molecule has 0 N–H and O–H groups in total. The number of rotatable bonds is 4. The minimum atomic E-state index is -4.99. The van der Waals surface area contributed by atoms with Gasteiger partial charge in [0.2, 0.25) is 0 Å². The van der Waals surface area contributed by atoms with E-state index in [1.54, 1.807) is 0 Å². The van der Waals surface area contributed by atoms with E-state index in [-0.39, 0.29) is 24.3 Å². The predicted octanol–water partition coefficient (Wildman–Crippen LogP) is 5.07. The maximum Gasteiger partial charge on any atom is 0.419 e. The molecule has 0 aliphatic heterocycles. The first-order valence-electron chi connectivity index (χ1n) is 7.62. The molecule has 2 aromatic carbocycles. The third-order valence-electron chi connectivity index (χ3n) is 3.27. The van der Waals surface area contributed by atoms with E-state index in [1.807, 2.05) is 0 Å². The van der Waals surface area contributed by atoms with Crippen LogP contribution in [0.25, 0.3) is 0 Å². The van der Waals surface area contributed by atoms with Crippen LogP contribution in [0.3, 0.4) is 0 Å². The lowest BCUT2D eigenvalue weighted by Gasteiger charge is -2.12. The zero-order valence-corrected chi connectivity index (χ0v) is 14.3. The van der Waals surface area contributed by atoms with Crippen molar-refractivity contribution in [2.45, 2.75) is 12.4 Å². The zero-order valence-electron chi connectivity index (χ0n) is 14.3. The molecule has 0 saturated carbocycles. The molecule has 0 radical (unpaired) electrons. The summed E-state index contributed by atoms with van der Waals surface area (Å²) in [6, 6.07) is 2.14. The Labute approximate surface area is 162 Å². The van der Waals surface area contributed by atoms with Crippen LogP contribution in [-0.4, -0.2) is 11.9 Å². The molecule has 2 rings (SSSR count). The number of carbonyl (C=O) groups excluding carboxylic acids is 2. The quantitative estimate of drug-likeness (QED) is 0.288. The smallest absolute Gasteiger partial charge is 0.419 e. The predicted molar refractivity (Wildman–Crippen MR) is 83.2 cm³/mol. The van der Waals surface area contributed by atoms with Gasteiger partial charge in [0.05, 0.1) is 11.1 Å². The average Bonchev–Trinajstić information content (AvgIpc) is 2.58. The van der Waals surface area contributed by atoms with Crippen molar-refractivity contribution < 1.29 is 54.2 Å². The van der Waals surface area contributed by atoms with Crippen LogP contribution in [0, 0.1) is 11.6 Å². The number of ether oxygens (including phenoxy) is 2.